The van der Waals surface area contributed by atoms with Crippen LogP contribution in [-0.4, -0.2) is 30.4 Å². The van der Waals surface area contributed by atoms with Crippen LogP contribution in [0.1, 0.15) is 13.3 Å². The van der Waals surface area contributed by atoms with Gasteiger partial charge in [-0.1, -0.05) is 30.7 Å². The van der Waals surface area contributed by atoms with E-state index in [4.69, 9.17) is 21.1 Å². The molecular weight excluding hydrogens is 358 g/mol. The average molecular weight is 378 g/mol. The molecule has 132 valence electrons. The first kappa shape index (κ1) is 18.0. The fourth-order valence-electron chi connectivity index (χ4n) is 2.49. The number of fused-ring (bicyclic) bond motifs is 1. The quantitative estimate of drug-likeness (QED) is 0.767. The molecular formula is C19H20ClNO3S. The van der Waals surface area contributed by atoms with Gasteiger partial charge in [-0.15, -0.1) is 11.8 Å². The van der Waals surface area contributed by atoms with Crippen molar-refractivity contribution in [3.8, 4) is 11.5 Å². The zero-order valence-electron chi connectivity index (χ0n) is 13.9. The van der Waals surface area contributed by atoms with Crippen LogP contribution in [0.2, 0.25) is 5.02 Å². The Bertz CT molecular complexity index is 723. The molecule has 2 aromatic rings. The van der Waals surface area contributed by atoms with E-state index in [0.29, 0.717) is 18.2 Å². The molecule has 6 heteroatoms. The third kappa shape index (κ3) is 4.83. The lowest BCUT2D eigenvalue weighted by atomic mass is 10.2. The van der Waals surface area contributed by atoms with Crippen molar-refractivity contribution in [3.05, 3.63) is 53.6 Å². The van der Waals surface area contributed by atoms with E-state index < -0.39 is 0 Å². The van der Waals surface area contributed by atoms with E-state index in [9.17, 15) is 4.79 Å². The van der Waals surface area contributed by atoms with E-state index in [2.05, 4.69) is 5.32 Å². The molecule has 2 atom stereocenters. The van der Waals surface area contributed by atoms with Crippen LogP contribution in [0.3, 0.4) is 0 Å². The minimum absolute atomic E-state index is 0.00455. The fourth-order valence-corrected chi connectivity index (χ4v) is 3.60. The summed E-state index contributed by atoms with van der Waals surface area (Å²) in [4.78, 5) is 13.5. The summed E-state index contributed by atoms with van der Waals surface area (Å²) < 4.78 is 11.5. The highest BCUT2D eigenvalue weighted by molar-refractivity contribution is 8.00. The fraction of sp³-hybridized carbons (Fsp3) is 0.316. The Morgan fingerprint density at radius 1 is 1.24 bits per heavy atom. The number of amides is 1. The van der Waals surface area contributed by atoms with Gasteiger partial charge in [0.05, 0.1) is 11.8 Å². The molecule has 0 radical (unpaired) electrons. The maximum absolute atomic E-state index is 12.5. The number of thioether (sulfide) groups is 1. The average Bonchev–Trinajstić information content (AvgIpc) is 2.65. The van der Waals surface area contributed by atoms with Crippen molar-refractivity contribution in [2.75, 3.05) is 13.2 Å². The summed E-state index contributed by atoms with van der Waals surface area (Å²) in [5.74, 6) is 1.47. The van der Waals surface area contributed by atoms with Crippen molar-refractivity contribution in [3.63, 3.8) is 0 Å². The van der Waals surface area contributed by atoms with Gasteiger partial charge in [0.2, 0.25) is 5.91 Å². The topological polar surface area (TPSA) is 47.6 Å². The standard InChI is InChI=1S/C19H20ClNO3S/c1-2-18(25-15-9-7-13(20)8-10-15)19(22)21-11-14-12-23-16-5-3-4-6-17(16)24-14/h3-10,14,18H,2,11-12H2,1H3,(H,21,22)/t14-,18-/m0/s1. The summed E-state index contributed by atoms with van der Waals surface area (Å²) in [6, 6.07) is 15.1. The second-order valence-electron chi connectivity index (χ2n) is 5.71. The minimum atomic E-state index is -0.183. The van der Waals surface area contributed by atoms with E-state index in [1.54, 1.807) is 0 Å². The van der Waals surface area contributed by atoms with Gasteiger partial charge in [-0.25, -0.2) is 0 Å². The Morgan fingerprint density at radius 2 is 1.96 bits per heavy atom. The van der Waals surface area contributed by atoms with Crippen molar-refractivity contribution in [1.29, 1.82) is 0 Å². The number of carbonyl (C=O) groups excluding carboxylic acids is 1. The SMILES string of the molecule is CC[C@H](Sc1ccc(Cl)cc1)C(=O)NC[C@H]1COc2ccccc2O1. The predicted molar refractivity (Wildman–Crippen MR) is 101 cm³/mol. The van der Waals surface area contributed by atoms with Gasteiger partial charge >= 0.3 is 0 Å². The molecule has 0 fully saturated rings. The number of para-hydroxylation sites is 2. The molecule has 4 nitrogen and oxygen atoms in total. The summed E-state index contributed by atoms with van der Waals surface area (Å²) in [5, 5.41) is 3.51. The van der Waals surface area contributed by atoms with Crippen LogP contribution >= 0.6 is 23.4 Å². The van der Waals surface area contributed by atoms with Gasteiger partial charge < -0.3 is 14.8 Å². The molecule has 0 saturated heterocycles. The summed E-state index contributed by atoms with van der Waals surface area (Å²) in [7, 11) is 0. The number of carbonyl (C=O) groups is 1. The Labute approximate surface area is 156 Å². The Balaban J connectivity index is 1.52. The third-order valence-electron chi connectivity index (χ3n) is 3.83. The molecule has 0 aliphatic carbocycles. The van der Waals surface area contributed by atoms with E-state index in [-0.39, 0.29) is 17.3 Å². The van der Waals surface area contributed by atoms with E-state index in [1.165, 1.54) is 11.8 Å². The first-order chi connectivity index (χ1) is 12.2. The zero-order chi connectivity index (χ0) is 17.6. The third-order valence-corrected chi connectivity index (χ3v) is 5.45. The van der Waals surface area contributed by atoms with Crippen LogP contribution in [0.15, 0.2) is 53.4 Å². The highest BCUT2D eigenvalue weighted by atomic mass is 35.5. The molecule has 0 spiro atoms. The Hall–Kier alpha value is -1.85. The maximum Gasteiger partial charge on any atom is 0.233 e. The molecule has 0 aromatic heterocycles. The molecule has 1 aliphatic rings. The van der Waals surface area contributed by atoms with Crippen LogP contribution in [0.5, 0.6) is 11.5 Å². The molecule has 0 bridgehead atoms. The van der Waals surface area contributed by atoms with Crippen molar-refractivity contribution in [1.82, 2.24) is 5.32 Å². The molecule has 3 rings (SSSR count). The molecule has 0 unspecified atom stereocenters. The summed E-state index contributed by atoms with van der Waals surface area (Å²) in [5.41, 5.74) is 0. The van der Waals surface area contributed by atoms with Gasteiger partial charge in [-0.05, 0) is 42.8 Å². The van der Waals surface area contributed by atoms with Gasteiger partial charge in [-0.3, -0.25) is 4.79 Å². The number of benzene rings is 2. The van der Waals surface area contributed by atoms with E-state index in [0.717, 1.165) is 22.8 Å². The van der Waals surface area contributed by atoms with Crippen molar-refractivity contribution in [2.45, 2.75) is 29.6 Å². The van der Waals surface area contributed by atoms with Gasteiger partial charge in [0.25, 0.3) is 0 Å². The van der Waals surface area contributed by atoms with Crippen LogP contribution in [0.4, 0.5) is 0 Å². The Kier molecular flexibility index (Phi) is 6.10. The summed E-state index contributed by atoms with van der Waals surface area (Å²) in [6.45, 7) is 2.85. The molecule has 1 N–H and O–H groups in total. The lowest BCUT2D eigenvalue weighted by Crippen LogP contribution is -2.43. The number of halogens is 1. The van der Waals surface area contributed by atoms with Crippen LogP contribution in [0.25, 0.3) is 0 Å². The van der Waals surface area contributed by atoms with Gasteiger partial charge in [0.1, 0.15) is 12.7 Å². The number of nitrogens with one attached hydrogen (secondary N) is 1. The molecule has 25 heavy (non-hydrogen) atoms. The highest BCUT2D eigenvalue weighted by Gasteiger charge is 2.23. The smallest absolute Gasteiger partial charge is 0.233 e. The zero-order valence-corrected chi connectivity index (χ0v) is 15.5. The van der Waals surface area contributed by atoms with E-state index in [1.807, 2.05) is 55.5 Å². The summed E-state index contributed by atoms with van der Waals surface area (Å²) >= 11 is 7.44. The number of hydrogen-bond donors (Lipinski definition) is 1. The van der Waals surface area contributed by atoms with E-state index >= 15 is 0 Å². The highest BCUT2D eigenvalue weighted by Crippen LogP contribution is 2.31. The number of ether oxygens (including phenoxy) is 2. The largest absolute Gasteiger partial charge is 0.486 e. The van der Waals surface area contributed by atoms with Crippen molar-refractivity contribution >= 4 is 29.3 Å². The second-order valence-corrected chi connectivity index (χ2v) is 7.42. The molecule has 1 heterocycles. The van der Waals surface area contributed by atoms with Crippen LogP contribution in [0, 0.1) is 0 Å². The molecule has 2 aromatic carbocycles. The minimum Gasteiger partial charge on any atom is -0.486 e. The summed E-state index contributed by atoms with van der Waals surface area (Å²) in [6.07, 6.45) is 0.557. The lowest BCUT2D eigenvalue weighted by Gasteiger charge is -2.27. The lowest BCUT2D eigenvalue weighted by molar-refractivity contribution is -0.121. The number of hydrogen-bond acceptors (Lipinski definition) is 4. The monoisotopic (exact) mass is 377 g/mol. The van der Waals surface area contributed by atoms with Gasteiger partial charge in [0.15, 0.2) is 11.5 Å². The van der Waals surface area contributed by atoms with Crippen LogP contribution < -0.4 is 14.8 Å². The van der Waals surface area contributed by atoms with Crippen molar-refractivity contribution < 1.29 is 14.3 Å². The Morgan fingerprint density at radius 3 is 2.68 bits per heavy atom. The van der Waals surface area contributed by atoms with Crippen molar-refractivity contribution in [2.24, 2.45) is 0 Å². The van der Waals surface area contributed by atoms with Gasteiger partial charge in [0, 0.05) is 9.92 Å². The maximum atomic E-state index is 12.5. The first-order valence-corrected chi connectivity index (χ1v) is 9.50. The molecule has 1 aliphatic heterocycles. The molecule has 1 amide bonds. The van der Waals surface area contributed by atoms with Crippen LogP contribution in [-0.2, 0) is 4.79 Å². The van der Waals surface area contributed by atoms with Gasteiger partial charge in [-0.2, -0.15) is 0 Å². The first-order valence-electron chi connectivity index (χ1n) is 8.24. The predicted octanol–water partition coefficient (Wildman–Crippen LogP) is 4.17. The number of rotatable bonds is 6. The second kappa shape index (κ2) is 8.50. The normalized spacial score (nSPS) is 17.0. The molecule has 0 saturated carbocycles.